The summed E-state index contributed by atoms with van der Waals surface area (Å²) in [5.74, 6) is 1.42. The van der Waals surface area contributed by atoms with Gasteiger partial charge in [-0.1, -0.05) is 12.1 Å². The zero-order chi connectivity index (χ0) is 11.4. The lowest BCUT2D eigenvalue weighted by Gasteiger charge is -2.07. The molecule has 5 heteroatoms. The number of hydrogen-bond acceptors (Lipinski definition) is 4. The van der Waals surface area contributed by atoms with Crippen molar-refractivity contribution >= 4 is 12.4 Å². The van der Waals surface area contributed by atoms with Crippen LogP contribution in [0.25, 0.3) is 11.3 Å². The maximum Gasteiger partial charge on any atom is 0.142 e. The smallest absolute Gasteiger partial charge is 0.142 e. The van der Waals surface area contributed by atoms with E-state index in [4.69, 9.17) is 10.5 Å². The molecule has 1 heterocycles. The molecule has 0 unspecified atom stereocenters. The predicted octanol–water partition coefficient (Wildman–Crippen LogP) is 2.03. The summed E-state index contributed by atoms with van der Waals surface area (Å²) in [6.07, 6.45) is 1.71. The molecule has 0 bridgehead atoms. The Morgan fingerprint density at radius 1 is 1.24 bits per heavy atom. The Balaban J connectivity index is 0.00000144. The molecule has 4 nitrogen and oxygen atoms in total. The molecule has 0 aliphatic heterocycles. The molecule has 90 valence electrons. The van der Waals surface area contributed by atoms with E-state index in [0.29, 0.717) is 12.4 Å². The molecule has 0 aliphatic carbocycles. The average Bonchev–Trinajstić information content (AvgIpc) is 2.38. The minimum Gasteiger partial charge on any atom is -0.496 e. The van der Waals surface area contributed by atoms with Crippen LogP contribution in [-0.4, -0.2) is 17.1 Å². The third kappa shape index (κ3) is 2.93. The molecule has 0 fully saturated rings. The number of rotatable bonds is 3. The first-order valence-electron chi connectivity index (χ1n) is 5.00. The van der Waals surface area contributed by atoms with Gasteiger partial charge in [-0.15, -0.1) is 12.4 Å². The van der Waals surface area contributed by atoms with E-state index in [1.54, 1.807) is 13.3 Å². The van der Waals surface area contributed by atoms with E-state index in [1.807, 2.05) is 30.3 Å². The van der Waals surface area contributed by atoms with Gasteiger partial charge in [0, 0.05) is 11.8 Å². The SMILES string of the molecule is COc1ccccc1-c1ccnc(CN)n1.Cl. The van der Waals surface area contributed by atoms with Gasteiger partial charge in [-0.05, 0) is 18.2 Å². The van der Waals surface area contributed by atoms with Crippen molar-refractivity contribution in [2.45, 2.75) is 6.54 Å². The number of hydrogen-bond donors (Lipinski definition) is 1. The highest BCUT2D eigenvalue weighted by molar-refractivity contribution is 5.85. The topological polar surface area (TPSA) is 61.0 Å². The molecule has 0 atom stereocenters. The van der Waals surface area contributed by atoms with Crippen LogP contribution in [0, 0.1) is 0 Å². The summed E-state index contributed by atoms with van der Waals surface area (Å²) in [6, 6.07) is 9.58. The van der Waals surface area contributed by atoms with Crippen LogP contribution >= 0.6 is 12.4 Å². The minimum absolute atomic E-state index is 0. The van der Waals surface area contributed by atoms with Crippen LogP contribution in [0.15, 0.2) is 36.5 Å². The van der Waals surface area contributed by atoms with Gasteiger partial charge in [0.25, 0.3) is 0 Å². The van der Waals surface area contributed by atoms with Crippen molar-refractivity contribution in [3.63, 3.8) is 0 Å². The van der Waals surface area contributed by atoms with Gasteiger partial charge < -0.3 is 10.5 Å². The minimum atomic E-state index is 0. The summed E-state index contributed by atoms with van der Waals surface area (Å²) in [5.41, 5.74) is 7.28. The predicted molar refractivity (Wildman–Crippen MR) is 69.2 cm³/mol. The lowest BCUT2D eigenvalue weighted by molar-refractivity contribution is 0.416. The lowest BCUT2D eigenvalue weighted by atomic mass is 10.1. The summed E-state index contributed by atoms with van der Waals surface area (Å²) in [5, 5.41) is 0. The number of benzene rings is 1. The molecule has 0 radical (unpaired) electrons. The Morgan fingerprint density at radius 3 is 2.71 bits per heavy atom. The van der Waals surface area contributed by atoms with Crippen LogP contribution in [0.2, 0.25) is 0 Å². The quantitative estimate of drug-likeness (QED) is 0.907. The molecule has 0 saturated heterocycles. The standard InChI is InChI=1S/C12H13N3O.ClH/c1-16-11-5-3-2-4-9(11)10-6-7-14-12(8-13)15-10;/h2-7H,8,13H2,1H3;1H. The molecule has 0 amide bonds. The van der Waals surface area contributed by atoms with Crippen molar-refractivity contribution in [2.24, 2.45) is 5.73 Å². The maximum absolute atomic E-state index is 5.51. The van der Waals surface area contributed by atoms with Crippen molar-refractivity contribution in [1.82, 2.24) is 9.97 Å². The fourth-order valence-corrected chi connectivity index (χ4v) is 1.50. The van der Waals surface area contributed by atoms with Gasteiger partial charge in [0.2, 0.25) is 0 Å². The first-order chi connectivity index (χ1) is 7.85. The highest BCUT2D eigenvalue weighted by Gasteiger charge is 2.06. The van der Waals surface area contributed by atoms with Crippen LogP contribution in [0.3, 0.4) is 0 Å². The third-order valence-corrected chi connectivity index (χ3v) is 2.27. The van der Waals surface area contributed by atoms with Gasteiger partial charge in [-0.25, -0.2) is 9.97 Å². The fourth-order valence-electron chi connectivity index (χ4n) is 1.50. The van der Waals surface area contributed by atoms with Crippen LogP contribution in [-0.2, 0) is 6.54 Å². The molecule has 1 aromatic heterocycles. The van der Waals surface area contributed by atoms with E-state index < -0.39 is 0 Å². The van der Waals surface area contributed by atoms with E-state index in [2.05, 4.69) is 9.97 Å². The molecule has 17 heavy (non-hydrogen) atoms. The molecule has 0 aliphatic rings. The second-order valence-corrected chi connectivity index (χ2v) is 3.26. The van der Waals surface area contributed by atoms with Gasteiger partial charge in [0.1, 0.15) is 11.6 Å². The number of halogens is 1. The molecular formula is C12H14ClN3O. The van der Waals surface area contributed by atoms with Crippen LogP contribution in [0.1, 0.15) is 5.82 Å². The average molecular weight is 252 g/mol. The molecule has 2 aromatic rings. The Morgan fingerprint density at radius 2 is 2.00 bits per heavy atom. The normalized spacial score (nSPS) is 9.53. The van der Waals surface area contributed by atoms with E-state index in [1.165, 1.54) is 0 Å². The van der Waals surface area contributed by atoms with Gasteiger partial charge in [-0.2, -0.15) is 0 Å². The van der Waals surface area contributed by atoms with Gasteiger partial charge in [0.05, 0.1) is 19.3 Å². The zero-order valence-corrected chi connectivity index (χ0v) is 10.3. The summed E-state index contributed by atoms with van der Waals surface area (Å²) >= 11 is 0. The molecule has 2 N–H and O–H groups in total. The number of methoxy groups -OCH3 is 1. The number of nitrogens with zero attached hydrogens (tertiary/aromatic N) is 2. The summed E-state index contributed by atoms with van der Waals surface area (Å²) in [6.45, 7) is 0.336. The summed E-state index contributed by atoms with van der Waals surface area (Å²) < 4.78 is 5.28. The molecular weight excluding hydrogens is 238 g/mol. The second-order valence-electron chi connectivity index (χ2n) is 3.26. The zero-order valence-electron chi connectivity index (χ0n) is 9.46. The highest BCUT2D eigenvalue weighted by Crippen LogP contribution is 2.27. The number of para-hydroxylation sites is 1. The Labute approximate surface area is 106 Å². The van der Waals surface area contributed by atoms with Gasteiger partial charge in [-0.3, -0.25) is 0 Å². The van der Waals surface area contributed by atoms with E-state index in [9.17, 15) is 0 Å². The second kappa shape index (κ2) is 6.18. The van der Waals surface area contributed by atoms with E-state index >= 15 is 0 Å². The fraction of sp³-hybridized carbons (Fsp3) is 0.167. The number of aromatic nitrogens is 2. The van der Waals surface area contributed by atoms with Crippen molar-refractivity contribution in [2.75, 3.05) is 7.11 Å². The van der Waals surface area contributed by atoms with E-state index in [-0.39, 0.29) is 12.4 Å². The van der Waals surface area contributed by atoms with Crippen LogP contribution < -0.4 is 10.5 Å². The Kier molecular flexibility index (Phi) is 4.87. The van der Waals surface area contributed by atoms with Crippen LogP contribution in [0.4, 0.5) is 0 Å². The van der Waals surface area contributed by atoms with Crippen molar-refractivity contribution in [3.8, 4) is 17.0 Å². The molecule has 1 aromatic carbocycles. The first-order valence-corrected chi connectivity index (χ1v) is 5.00. The monoisotopic (exact) mass is 251 g/mol. The van der Waals surface area contributed by atoms with Gasteiger partial charge >= 0.3 is 0 Å². The first kappa shape index (κ1) is 13.4. The lowest BCUT2D eigenvalue weighted by Crippen LogP contribution is -2.03. The van der Waals surface area contributed by atoms with Gasteiger partial charge in [0.15, 0.2) is 0 Å². The van der Waals surface area contributed by atoms with Crippen molar-refractivity contribution in [1.29, 1.82) is 0 Å². The molecule has 0 spiro atoms. The maximum atomic E-state index is 5.51. The Hall–Kier alpha value is -1.65. The number of ether oxygens (including phenoxy) is 1. The largest absolute Gasteiger partial charge is 0.496 e. The van der Waals surface area contributed by atoms with E-state index in [0.717, 1.165) is 17.0 Å². The molecule has 2 rings (SSSR count). The Bertz CT molecular complexity index is 491. The third-order valence-electron chi connectivity index (χ3n) is 2.27. The van der Waals surface area contributed by atoms with Crippen molar-refractivity contribution in [3.05, 3.63) is 42.4 Å². The van der Waals surface area contributed by atoms with Crippen molar-refractivity contribution < 1.29 is 4.74 Å². The summed E-state index contributed by atoms with van der Waals surface area (Å²) in [4.78, 5) is 8.42. The van der Waals surface area contributed by atoms with Crippen LogP contribution in [0.5, 0.6) is 5.75 Å². The number of nitrogens with two attached hydrogens (primary N) is 1. The molecule has 0 saturated carbocycles. The summed E-state index contributed by atoms with van der Waals surface area (Å²) in [7, 11) is 1.64. The highest BCUT2D eigenvalue weighted by atomic mass is 35.5.